The number of nitrogens with zero attached hydrogens (tertiary/aromatic N) is 3. The lowest BCUT2D eigenvalue weighted by molar-refractivity contribution is 0.194. The van der Waals surface area contributed by atoms with Gasteiger partial charge in [0.15, 0.2) is 0 Å². The molecule has 1 saturated carbocycles. The Morgan fingerprint density at radius 3 is 2.54 bits per heavy atom. The van der Waals surface area contributed by atoms with Gasteiger partial charge in [-0.15, -0.1) is 0 Å². The molecule has 5 nitrogen and oxygen atoms in total. The molecule has 0 spiro atoms. The summed E-state index contributed by atoms with van der Waals surface area (Å²) in [5.74, 6) is -0.640. The van der Waals surface area contributed by atoms with Crippen LogP contribution in [0.4, 0.5) is 10.5 Å². The molecule has 156 valence electrons. The van der Waals surface area contributed by atoms with Crippen molar-refractivity contribution in [3.63, 3.8) is 0 Å². The van der Waals surface area contributed by atoms with Gasteiger partial charge < -0.3 is 15.1 Å². The average molecular weight is 437 g/mol. The molecule has 0 aromatic heterocycles. The molecule has 1 aliphatic carbocycles. The third-order valence-electron chi connectivity index (χ3n) is 4.76. The van der Waals surface area contributed by atoms with E-state index in [1.807, 2.05) is 0 Å². The lowest BCUT2D eigenvalue weighted by Gasteiger charge is -2.37. The van der Waals surface area contributed by atoms with Crippen LogP contribution in [0.5, 0.6) is 0 Å². The minimum atomic E-state index is -3.20. The lowest BCUT2D eigenvalue weighted by atomic mass is 9.84. The molecular formula is C21H32Cl2N4O. The van der Waals surface area contributed by atoms with Crippen molar-refractivity contribution < 1.29 is 18.5 Å². The Balaban J connectivity index is 1.91. The van der Waals surface area contributed by atoms with Crippen molar-refractivity contribution in [3.8, 4) is 0 Å². The summed E-state index contributed by atoms with van der Waals surface area (Å²) < 4.78 is 86.5. The van der Waals surface area contributed by atoms with E-state index < -0.39 is 44.8 Å². The highest BCUT2D eigenvalue weighted by atomic mass is 35.5. The first-order chi connectivity index (χ1) is 17.2. The van der Waals surface area contributed by atoms with Crippen LogP contribution in [0.3, 0.4) is 0 Å². The number of hydrogen-bond donors (Lipinski definition) is 1. The second-order valence-corrected chi connectivity index (χ2v) is 7.82. The number of urea groups is 1. The van der Waals surface area contributed by atoms with Crippen LogP contribution in [-0.4, -0.2) is 68.5 Å². The molecule has 1 heterocycles. The van der Waals surface area contributed by atoms with Crippen LogP contribution in [0.2, 0.25) is 10.0 Å². The van der Waals surface area contributed by atoms with Gasteiger partial charge in [-0.25, -0.2) is 4.79 Å². The molecule has 1 N–H and O–H groups in total. The van der Waals surface area contributed by atoms with Crippen LogP contribution >= 0.6 is 23.2 Å². The minimum absolute atomic E-state index is 0.0481. The number of rotatable bonds is 5. The van der Waals surface area contributed by atoms with Gasteiger partial charge in [-0.05, 0) is 56.7 Å². The zero-order chi connectivity index (χ0) is 29.1. The van der Waals surface area contributed by atoms with Crippen molar-refractivity contribution in [2.24, 2.45) is 5.92 Å². The Bertz CT molecular complexity index is 1020. The van der Waals surface area contributed by atoms with Gasteiger partial charge in [-0.3, -0.25) is 4.90 Å². The molecule has 2 fully saturated rings. The molecule has 0 bridgehead atoms. The number of amides is 2. The molecule has 1 aliphatic heterocycles. The molecule has 0 unspecified atom stereocenters. The first-order valence-corrected chi connectivity index (χ1v) is 9.95. The van der Waals surface area contributed by atoms with Gasteiger partial charge in [0.1, 0.15) is 0 Å². The Morgan fingerprint density at radius 1 is 1.21 bits per heavy atom. The Labute approximate surface area is 193 Å². The van der Waals surface area contributed by atoms with E-state index in [-0.39, 0.29) is 27.8 Å². The average Bonchev–Trinajstić information content (AvgIpc) is 2.79. The quantitative estimate of drug-likeness (QED) is 0.745. The SMILES string of the molecule is [2H]C([2H])(CN1C([2H])([2H])C([2H])([2H])N(c2cccc(Cl)c2Cl)C([2H])([2H])C1([2H])[2H])C1CCC(NC(=O)N(C)C)CC1. The summed E-state index contributed by atoms with van der Waals surface area (Å²) >= 11 is 12.3. The van der Waals surface area contributed by atoms with E-state index in [4.69, 9.17) is 36.9 Å². The van der Waals surface area contributed by atoms with E-state index in [0.717, 1.165) is 0 Å². The van der Waals surface area contributed by atoms with E-state index in [9.17, 15) is 4.79 Å². The molecule has 3 rings (SSSR count). The number of carbonyl (C=O) groups is 1. The van der Waals surface area contributed by atoms with Gasteiger partial charge in [-0.2, -0.15) is 0 Å². The number of benzene rings is 1. The van der Waals surface area contributed by atoms with Crippen LogP contribution in [0.1, 0.15) is 45.8 Å². The van der Waals surface area contributed by atoms with Crippen molar-refractivity contribution in [1.29, 1.82) is 0 Å². The number of halogens is 2. The normalized spacial score (nSPS) is 36.5. The van der Waals surface area contributed by atoms with Crippen LogP contribution < -0.4 is 10.2 Å². The molecule has 0 radical (unpaired) electrons. The molecule has 1 aromatic rings. The van der Waals surface area contributed by atoms with Crippen LogP contribution in [0.25, 0.3) is 0 Å². The van der Waals surface area contributed by atoms with Gasteiger partial charge in [0.25, 0.3) is 0 Å². The van der Waals surface area contributed by atoms with Gasteiger partial charge in [0, 0.05) is 54.3 Å². The zero-order valence-corrected chi connectivity index (χ0v) is 17.4. The third-order valence-corrected chi connectivity index (χ3v) is 5.57. The largest absolute Gasteiger partial charge is 0.368 e. The standard InChI is InChI=1S/C21H32Cl2N4O/c1-25(2)21(28)24-17-8-6-16(7-9-17)10-11-26-12-14-27(15-13-26)19-5-3-4-18(22)20(19)23/h3-5,16-17H,6-15H2,1-2H3,(H,24,28)/i10D2,12D2,13D2,14D2,15D2. The molecule has 2 aliphatic rings. The van der Waals surface area contributed by atoms with Crippen LogP contribution in [0.15, 0.2) is 18.2 Å². The molecule has 2 amide bonds. The van der Waals surface area contributed by atoms with Gasteiger partial charge in [0.2, 0.25) is 0 Å². The van der Waals surface area contributed by atoms with E-state index in [2.05, 4.69) is 5.32 Å². The first-order valence-electron chi connectivity index (χ1n) is 14.2. The van der Waals surface area contributed by atoms with Crippen LogP contribution in [0, 0.1) is 5.92 Å². The summed E-state index contributed by atoms with van der Waals surface area (Å²) in [5.41, 5.74) is -0.331. The number of anilines is 1. The summed E-state index contributed by atoms with van der Waals surface area (Å²) in [7, 11) is 3.22. The monoisotopic (exact) mass is 436 g/mol. The number of hydrogen-bond acceptors (Lipinski definition) is 3. The van der Waals surface area contributed by atoms with Gasteiger partial charge in [-0.1, -0.05) is 29.3 Å². The molecule has 1 aromatic carbocycles. The molecule has 1 saturated heterocycles. The summed E-state index contributed by atoms with van der Waals surface area (Å²) in [6.07, 6.45) is -0.609. The number of piperazine rings is 1. The summed E-state index contributed by atoms with van der Waals surface area (Å²) in [4.78, 5) is 14.0. The van der Waals surface area contributed by atoms with Crippen molar-refractivity contribution in [2.45, 2.75) is 38.1 Å². The number of nitrogens with one attached hydrogen (secondary N) is 1. The number of carbonyl (C=O) groups excluding carboxylic acids is 1. The highest BCUT2D eigenvalue weighted by Crippen LogP contribution is 2.33. The van der Waals surface area contributed by atoms with Gasteiger partial charge >= 0.3 is 6.03 Å². The maximum absolute atomic E-state index is 11.9. The summed E-state index contributed by atoms with van der Waals surface area (Å²) in [6, 6.07) is 3.54. The summed E-state index contributed by atoms with van der Waals surface area (Å²) in [5, 5.41) is 2.54. The molecule has 0 atom stereocenters. The fourth-order valence-electron chi connectivity index (χ4n) is 3.11. The maximum Gasteiger partial charge on any atom is 0.317 e. The first kappa shape index (κ1) is 11.9. The van der Waals surface area contributed by atoms with Crippen LogP contribution in [-0.2, 0) is 0 Å². The fraction of sp³-hybridized carbons (Fsp3) is 0.667. The van der Waals surface area contributed by atoms with Crippen molar-refractivity contribution in [2.75, 3.05) is 51.5 Å². The topological polar surface area (TPSA) is 38.8 Å². The van der Waals surface area contributed by atoms with E-state index in [0.29, 0.717) is 35.5 Å². The van der Waals surface area contributed by atoms with Crippen molar-refractivity contribution in [3.05, 3.63) is 28.2 Å². The zero-order valence-electron chi connectivity index (χ0n) is 25.9. The molecule has 28 heavy (non-hydrogen) atoms. The molecular weight excluding hydrogens is 395 g/mol. The molecule has 7 heteroatoms. The van der Waals surface area contributed by atoms with E-state index in [1.54, 1.807) is 14.1 Å². The van der Waals surface area contributed by atoms with Crippen molar-refractivity contribution >= 4 is 34.9 Å². The lowest BCUT2D eigenvalue weighted by Crippen LogP contribution is -2.47. The van der Waals surface area contributed by atoms with E-state index in [1.165, 1.54) is 23.1 Å². The summed E-state index contributed by atoms with van der Waals surface area (Å²) in [6.45, 7) is -13.7. The third kappa shape index (κ3) is 5.68. The minimum Gasteiger partial charge on any atom is -0.368 e. The second-order valence-electron chi connectivity index (χ2n) is 7.04. The van der Waals surface area contributed by atoms with E-state index >= 15 is 0 Å². The maximum atomic E-state index is 11.9. The van der Waals surface area contributed by atoms with Crippen molar-refractivity contribution in [1.82, 2.24) is 15.1 Å². The highest BCUT2D eigenvalue weighted by molar-refractivity contribution is 6.43. The Hall–Kier alpha value is -1.17. The van der Waals surface area contributed by atoms with Gasteiger partial charge in [0.05, 0.1) is 21.2 Å². The predicted octanol–water partition coefficient (Wildman–Crippen LogP) is 4.34. The highest BCUT2D eigenvalue weighted by Gasteiger charge is 2.24. The fourth-order valence-corrected chi connectivity index (χ4v) is 3.49. The Kier molecular flexibility index (Phi) is 4.26. The smallest absolute Gasteiger partial charge is 0.317 e. The predicted molar refractivity (Wildman–Crippen MR) is 118 cm³/mol. The Morgan fingerprint density at radius 2 is 1.89 bits per heavy atom. The second kappa shape index (κ2) is 10.0.